The smallest absolute Gasteiger partial charge is 0.243 e. The molecule has 0 heterocycles. The van der Waals surface area contributed by atoms with E-state index in [0.717, 1.165) is 16.1 Å². The van der Waals surface area contributed by atoms with E-state index in [-0.39, 0.29) is 17.3 Å². The van der Waals surface area contributed by atoms with E-state index in [9.17, 15) is 13.2 Å². The normalized spacial score (nSPS) is 12.3. The molecule has 28 heavy (non-hydrogen) atoms. The molecule has 1 amide bonds. The number of carbonyl (C=O) groups excluding carboxylic acids is 1. The molecule has 0 aliphatic heterocycles. The molecule has 2 rings (SSSR count). The van der Waals surface area contributed by atoms with E-state index in [1.165, 1.54) is 19.1 Å². The highest BCUT2D eigenvalue weighted by molar-refractivity contribution is 7.92. The molecule has 0 aromatic heterocycles. The van der Waals surface area contributed by atoms with Gasteiger partial charge in [0.1, 0.15) is 11.8 Å². The lowest BCUT2D eigenvalue weighted by atomic mass is 10.2. The summed E-state index contributed by atoms with van der Waals surface area (Å²) in [4.78, 5) is 12.7. The van der Waals surface area contributed by atoms with Gasteiger partial charge in [0.25, 0.3) is 0 Å². The molecular weight excluding hydrogens is 423 g/mol. The average molecular weight is 445 g/mol. The molecule has 0 unspecified atom stereocenters. The van der Waals surface area contributed by atoms with E-state index in [1.807, 2.05) is 31.2 Å². The molecule has 6 nitrogen and oxygen atoms in total. The van der Waals surface area contributed by atoms with Crippen molar-refractivity contribution in [3.8, 4) is 5.75 Å². The molecule has 1 N–H and O–H groups in total. The predicted octanol–water partition coefficient (Wildman–Crippen LogP) is 3.86. The summed E-state index contributed by atoms with van der Waals surface area (Å²) < 4.78 is 31.3. The highest BCUT2D eigenvalue weighted by Gasteiger charge is 2.30. The number of benzene rings is 2. The Labute approximate surface area is 175 Å². The molecule has 1 atom stereocenters. The zero-order valence-corrected chi connectivity index (χ0v) is 18.1. The number of hydrogen-bond donors (Lipinski definition) is 1. The summed E-state index contributed by atoms with van der Waals surface area (Å²) in [5.41, 5.74) is 0.936. The average Bonchev–Trinajstić information content (AvgIpc) is 2.63. The number of hydrogen-bond acceptors (Lipinski definition) is 4. The fourth-order valence-electron chi connectivity index (χ4n) is 2.71. The van der Waals surface area contributed by atoms with Crippen molar-refractivity contribution < 1.29 is 17.9 Å². The van der Waals surface area contributed by atoms with Crippen molar-refractivity contribution in [3.05, 3.63) is 58.1 Å². The number of rotatable bonds is 8. The Morgan fingerprint density at radius 3 is 2.54 bits per heavy atom. The van der Waals surface area contributed by atoms with Crippen LogP contribution in [0, 0.1) is 0 Å². The predicted molar refractivity (Wildman–Crippen MR) is 113 cm³/mol. The maximum atomic E-state index is 12.7. The van der Waals surface area contributed by atoms with Crippen molar-refractivity contribution in [1.82, 2.24) is 5.32 Å². The zero-order valence-electron chi connectivity index (χ0n) is 15.8. The van der Waals surface area contributed by atoms with E-state index < -0.39 is 22.0 Å². The van der Waals surface area contributed by atoms with Gasteiger partial charge in [-0.2, -0.15) is 0 Å². The van der Waals surface area contributed by atoms with Gasteiger partial charge in [0, 0.05) is 17.1 Å². The van der Waals surface area contributed by atoms with E-state index in [4.69, 9.17) is 27.9 Å². The summed E-state index contributed by atoms with van der Waals surface area (Å²) in [5, 5.41) is 3.24. The summed E-state index contributed by atoms with van der Waals surface area (Å²) in [6, 6.07) is 10.7. The third-order valence-corrected chi connectivity index (χ3v) is 5.74. The first-order valence-corrected chi connectivity index (χ1v) is 11.2. The highest BCUT2D eigenvalue weighted by Crippen LogP contribution is 2.32. The minimum atomic E-state index is -3.80. The van der Waals surface area contributed by atoms with Gasteiger partial charge in [0.2, 0.25) is 15.9 Å². The Morgan fingerprint density at radius 2 is 1.89 bits per heavy atom. The van der Waals surface area contributed by atoms with Gasteiger partial charge in [-0.3, -0.25) is 9.10 Å². The molecular formula is C19H22Cl2N2O4S. The van der Waals surface area contributed by atoms with Crippen molar-refractivity contribution in [2.75, 3.05) is 17.2 Å². The number of nitrogens with one attached hydrogen (secondary N) is 1. The van der Waals surface area contributed by atoms with Crippen LogP contribution in [0.15, 0.2) is 42.5 Å². The van der Waals surface area contributed by atoms with Gasteiger partial charge < -0.3 is 10.1 Å². The van der Waals surface area contributed by atoms with Crippen LogP contribution in [0.2, 0.25) is 10.0 Å². The summed E-state index contributed by atoms with van der Waals surface area (Å²) in [7, 11) is -3.80. The molecule has 152 valence electrons. The number of halogens is 2. The number of nitrogens with zero attached hydrogens (tertiary/aromatic N) is 1. The number of ether oxygens (including phenoxy) is 1. The lowest BCUT2D eigenvalue weighted by Gasteiger charge is -2.29. The van der Waals surface area contributed by atoms with Crippen LogP contribution >= 0.6 is 23.2 Å². The van der Waals surface area contributed by atoms with Gasteiger partial charge in [-0.05, 0) is 38.1 Å². The summed E-state index contributed by atoms with van der Waals surface area (Å²) in [6.45, 7) is 4.05. The van der Waals surface area contributed by atoms with Crippen LogP contribution in [0.3, 0.4) is 0 Å². The molecule has 0 saturated carbocycles. The molecule has 0 aliphatic rings. The first-order valence-electron chi connectivity index (χ1n) is 8.58. The Bertz CT molecular complexity index is 951. The summed E-state index contributed by atoms with van der Waals surface area (Å²) in [6.07, 6.45) is 1.01. The Kier molecular flexibility index (Phi) is 7.57. The largest absolute Gasteiger partial charge is 0.494 e. The number of amides is 1. The highest BCUT2D eigenvalue weighted by atomic mass is 35.5. The third-order valence-electron chi connectivity index (χ3n) is 3.96. The van der Waals surface area contributed by atoms with Crippen LogP contribution in [-0.4, -0.2) is 33.2 Å². The van der Waals surface area contributed by atoms with Gasteiger partial charge in [0.15, 0.2) is 0 Å². The van der Waals surface area contributed by atoms with E-state index in [1.54, 1.807) is 6.07 Å². The SMILES string of the molecule is CCOc1ccccc1CNC(=O)[C@H](C)N(c1cc(Cl)ccc1Cl)S(C)(=O)=O. The molecule has 9 heteroatoms. The lowest BCUT2D eigenvalue weighted by molar-refractivity contribution is -0.122. The van der Waals surface area contributed by atoms with Crippen molar-refractivity contribution in [1.29, 1.82) is 0 Å². The maximum Gasteiger partial charge on any atom is 0.243 e. The van der Waals surface area contributed by atoms with Crippen LogP contribution in [0.5, 0.6) is 5.75 Å². The summed E-state index contributed by atoms with van der Waals surface area (Å²) >= 11 is 12.2. The van der Waals surface area contributed by atoms with Crippen LogP contribution < -0.4 is 14.4 Å². The van der Waals surface area contributed by atoms with Gasteiger partial charge in [0.05, 0.1) is 23.6 Å². The summed E-state index contributed by atoms with van der Waals surface area (Å²) in [5.74, 6) is 0.184. The topological polar surface area (TPSA) is 75.7 Å². The van der Waals surface area contributed by atoms with E-state index >= 15 is 0 Å². The fraction of sp³-hybridized carbons (Fsp3) is 0.316. The molecule has 0 bridgehead atoms. The Hall–Kier alpha value is -1.96. The molecule has 0 fully saturated rings. The van der Waals surface area contributed by atoms with Crippen LogP contribution in [-0.2, 0) is 21.4 Å². The molecule has 0 spiro atoms. The first kappa shape index (κ1) is 22.3. The quantitative estimate of drug-likeness (QED) is 0.670. The van der Waals surface area contributed by atoms with Crippen LogP contribution in [0.25, 0.3) is 0 Å². The molecule has 0 radical (unpaired) electrons. The van der Waals surface area contributed by atoms with Crippen molar-refractivity contribution >= 4 is 44.8 Å². The minimum Gasteiger partial charge on any atom is -0.494 e. The Morgan fingerprint density at radius 1 is 1.21 bits per heavy atom. The first-order chi connectivity index (χ1) is 13.1. The molecule has 2 aromatic carbocycles. The second-order valence-electron chi connectivity index (χ2n) is 6.09. The number of anilines is 1. The van der Waals surface area contributed by atoms with Gasteiger partial charge >= 0.3 is 0 Å². The second-order valence-corrected chi connectivity index (χ2v) is 8.79. The molecule has 0 aliphatic carbocycles. The van der Waals surface area contributed by atoms with E-state index in [0.29, 0.717) is 17.4 Å². The fourth-order valence-corrected chi connectivity index (χ4v) is 4.32. The van der Waals surface area contributed by atoms with Crippen LogP contribution in [0.1, 0.15) is 19.4 Å². The second kappa shape index (κ2) is 9.49. The van der Waals surface area contributed by atoms with Gasteiger partial charge in [-0.25, -0.2) is 8.42 Å². The molecule has 2 aromatic rings. The lowest BCUT2D eigenvalue weighted by Crippen LogP contribution is -2.47. The monoisotopic (exact) mass is 444 g/mol. The van der Waals surface area contributed by atoms with E-state index in [2.05, 4.69) is 5.32 Å². The third kappa shape index (κ3) is 5.53. The minimum absolute atomic E-state index is 0.147. The number of carbonyl (C=O) groups is 1. The van der Waals surface area contributed by atoms with Crippen molar-refractivity contribution in [2.45, 2.75) is 26.4 Å². The van der Waals surface area contributed by atoms with Gasteiger partial charge in [-0.15, -0.1) is 0 Å². The molecule has 0 saturated heterocycles. The zero-order chi connectivity index (χ0) is 20.9. The standard InChI is InChI=1S/C19H22Cl2N2O4S/c1-4-27-18-8-6-5-7-14(18)12-22-19(24)13(2)23(28(3,25)26)17-11-15(20)9-10-16(17)21/h5-11,13H,4,12H2,1-3H3,(H,22,24)/t13-/m0/s1. The van der Waals surface area contributed by atoms with Crippen molar-refractivity contribution in [3.63, 3.8) is 0 Å². The maximum absolute atomic E-state index is 12.7. The number of para-hydroxylation sites is 1. The van der Waals surface area contributed by atoms with Gasteiger partial charge in [-0.1, -0.05) is 41.4 Å². The van der Waals surface area contributed by atoms with Crippen LogP contribution in [0.4, 0.5) is 5.69 Å². The van der Waals surface area contributed by atoms with Crippen molar-refractivity contribution in [2.24, 2.45) is 0 Å². The Balaban J connectivity index is 2.24. The number of sulfonamides is 1.